The molecule has 1 rings (SSSR count). The van der Waals surface area contributed by atoms with E-state index in [2.05, 4.69) is 25.7 Å². The van der Waals surface area contributed by atoms with E-state index in [0.29, 0.717) is 4.88 Å². The van der Waals surface area contributed by atoms with Crippen LogP contribution >= 0.6 is 27.3 Å². The van der Waals surface area contributed by atoms with Gasteiger partial charge in [-0.05, 0) is 0 Å². The van der Waals surface area contributed by atoms with Crippen molar-refractivity contribution in [3.8, 4) is 0 Å². The molecule has 0 unspecified atom stereocenters. The van der Waals surface area contributed by atoms with Gasteiger partial charge in [-0.2, -0.15) is 0 Å². The molecule has 0 atom stereocenters. The minimum absolute atomic E-state index is 0.0901. The second-order valence-corrected chi connectivity index (χ2v) is 3.67. The molecule has 0 saturated heterocycles. The predicted octanol–water partition coefficient (Wildman–Crippen LogP) is 1.51. The van der Waals surface area contributed by atoms with Crippen molar-refractivity contribution in [2.24, 2.45) is 0 Å². The summed E-state index contributed by atoms with van der Waals surface area (Å²) in [5.41, 5.74) is 0. The van der Waals surface area contributed by atoms with Crippen molar-refractivity contribution < 1.29 is 14.3 Å². The van der Waals surface area contributed by atoms with Crippen molar-refractivity contribution in [2.75, 3.05) is 12.4 Å². The van der Waals surface area contributed by atoms with Crippen molar-refractivity contribution in [3.05, 3.63) is 16.1 Å². The fourth-order valence-corrected chi connectivity index (χ4v) is 1.91. The van der Waals surface area contributed by atoms with Gasteiger partial charge in [0.1, 0.15) is 0 Å². The van der Waals surface area contributed by atoms with Crippen LogP contribution in [0.25, 0.3) is 0 Å². The zero-order valence-corrected chi connectivity index (χ0v) is 9.15. The molecule has 0 aliphatic rings. The topological polar surface area (TPSA) is 56.3 Å². The van der Waals surface area contributed by atoms with Crippen LogP contribution in [0.2, 0.25) is 0 Å². The highest BCUT2D eigenvalue weighted by Crippen LogP contribution is 2.14. The highest BCUT2D eigenvalue weighted by molar-refractivity contribution is 9.09. The smallest absolute Gasteiger partial charge is 0.367 e. The molecule has 0 aliphatic heterocycles. The molecule has 1 heterocycles. The molecule has 0 spiro atoms. The standard InChI is InChI=1S/C7H6BrNO3S/c1-12-7(11)6-9-3-5(13-6)4(10)2-8/h3H,2H2,1H3. The van der Waals surface area contributed by atoms with E-state index in [-0.39, 0.29) is 16.1 Å². The van der Waals surface area contributed by atoms with Gasteiger partial charge < -0.3 is 4.74 Å². The monoisotopic (exact) mass is 263 g/mol. The van der Waals surface area contributed by atoms with Crippen LogP contribution in [-0.4, -0.2) is 29.2 Å². The number of ether oxygens (including phenoxy) is 1. The number of esters is 1. The molecule has 0 bridgehead atoms. The van der Waals surface area contributed by atoms with Crippen molar-refractivity contribution in [1.82, 2.24) is 4.98 Å². The van der Waals surface area contributed by atoms with Gasteiger partial charge in [-0.3, -0.25) is 4.79 Å². The molecule has 0 fully saturated rings. The Morgan fingerprint density at radius 2 is 2.38 bits per heavy atom. The van der Waals surface area contributed by atoms with Crippen LogP contribution in [0.3, 0.4) is 0 Å². The van der Waals surface area contributed by atoms with Crippen molar-refractivity contribution in [2.45, 2.75) is 0 Å². The van der Waals surface area contributed by atoms with Gasteiger partial charge in [0.2, 0.25) is 5.01 Å². The van der Waals surface area contributed by atoms with Gasteiger partial charge in [0, 0.05) is 6.20 Å². The quantitative estimate of drug-likeness (QED) is 0.471. The summed E-state index contributed by atoms with van der Waals surface area (Å²) in [6, 6.07) is 0. The molecule has 0 aliphatic carbocycles. The fourth-order valence-electron chi connectivity index (χ4n) is 0.651. The second-order valence-electron chi connectivity index (χ2n) is 2.08. The maximum atomic E-state index is 11.1. The summed E-state index contributed by atoms with van der Waals surface area (Å²) in [5.74, 6) is -0.605. The Morgan fingerprint density at radius 1 is 1.69 bits per heavy atom. The van der Waals surface area contributed by atoms with Gasteiger partial charge in [0.05, 0.1) is 17.3 Å². The minimum Gasteiger partial charge on any atom is -0.464 e. The zero-order valence-electron chi connectivity index (χ0n) is 6.74. The van der Waals surface area contributed by atoms with Gasteiger partial charge in [0.25, 0.3) is 0 Å². The summed E-state index contributed by atoms with van der Waals surface area (Å²) in [6.07, 6.45) is 1.38. The predicted molar refractivity (Wildman–Crippen MR) is 51.6 cm³/mol. The number of nitrogens with zero attached hydrogens (tertiary/aromatic N) is 1. The van der Waals surface area contributed by atoms with Gasteiger partial charge in [-0.1, -0.05) is 15.9 Å². The molecular weight excluding hydrogens is 258 g/mol. The molecule has 4 nitrogen and oxygen atoms in total. The molecule has 0 N–H and O–H groups in total. The Hall–Kier alpha value is -0.750. The molecule has 0 saturated carbocycles. The Labute approximate surface area is 87.1 Å². The average Bonchev–Trinajstić information content (AvgIpc) is 2.64. The van der Waals surface area contributed by atoms with E-state index in [1.54, 1.807) is 0 Å². The number of rotatable bonds is 3. The van der Waals surface area contributed by atoms with E-state index in [9.17, 15) is 9.59 Å². The van der Waals surface area contributed by atoms with Gasteiger partial charge >= 0.3 is 5.97 Å². The number of methoxy groups -OCH3 is 1. The lowest BCUT2D eigenvalue weighted by molar-refractivity contribution is 0.0600. The molecule has 13 heavy (non-hydrogen) atoms. The number of thiazole rings is 1. The van der Waals surface area contributed by atoms with Crippen LogP contribution in [0.15, 0.2) is 6.20 Å². The summed E-state index contributed by atoms with van der Waals surface area (Å²) in [7, 11) is 1.27. The van der Waals surface area contributed by atoms with Crippen LogP contribution in [0, 0.1) is 0 Å². The van der Waals surface area contributed by atoms with Gasteiger partial charge in [0.15, 0.2) is 5.78 Å². The first-order chi connectivity index (χ1) is 6.19. The minimum atomic E-state index is -0.515. The van der Waals surface area contributed by atoms with Crippen molar-refractivity contribution in [1.29, 1.82) is 0 Å². The highest BCUT2D eigenvalue weighted by Gasteiger charge is 2.14. The number of hydrogen-bond acceptors (Lipinski definition) is 5. The fraction of sp³-hybridized carbons (Fsp3) is 0.286. The SMILES string of the molecule is COC(=O)c1ncc(C(=O)CBr)s1. The van der Waals surface area contributed by atoms with E-state index in [0.717, 1.165) is 11.3 Å². The third kappa shape index (κ3) is 2.35. The molecule has 6 heteroatoms. The summed E-state index contributed by atoms with van der Waals surface area (Å²) in [6.45, 7) is 0. The number of carbonyl (C=O) groups excluding carboxylic acids is 2. The van der Waals surface area contributed by atoms with Crippen LogP contribution in [0.1, 0.15) is 19.5 Å². The lowest BCUT2D eigenvalue weighted by atomic mass is 10.4. The third-order valence-electron chi connectivity index (χ3n) is 1.26. The molecule has 1 aromatic rings. The maximum absolute atomic E-state index is 11.1. The number of Topliss-reactive ketones (excluding diaryl/α,β-unsaturated/α-hetero) is 1. The third-order valence-corrected chi connectivity index (χ3v) is 2.79. The molecule has 0 amide bonds. The molecule has 0 radical (unpaired) electrons. The first-order valence-electron chi connectivity index (χ1n) is 3.32. The summed E-state index contributed by atoms with van der Waals surface area (Å²) in [4.78, 5) is 26.3. The number of hydrogen-bond donors (Lipinski definition) is 0. The number of carbonyl (C=O) groups is 2. The molecule has 0 aromatic carbocycles. The Balaban J connectivity index is 2.86. The lowest BCUT2D eigenvalue weighted by Crippen LogP contribution is -1.99. The second kappa shape index (κ2) is 4.48. The molecular formula is C7H6BrNO3S. The summed E-state index contributed by atoms with van der Waals surface area (Å²) >= 11 is 4.06. The number of ketones is 1. The van der Waals surface area contributed by atoms with Crippen molar-refractivity contribution >= 4 is 39.0 Å². The average molecular weight is 264 g/mol. The summed E-state index contributed by atoms with van der Waals surface area (Å²) in [5, 5.41) is 0.433. The first kappa shape index (κ1) is 10.3. The van der Waals surface area contributed by atoms with E-state index in [1.807, 2.05) is 0 Å². The Morgan fingerprint density at radius 3 is 2.92 bits per heavy atom. The van der Waals surface area contributed by atoms with Crippen LogP contribution < -0.4 is 0 Å². The highest BCUT2D eigenvalue weighted by atomic mass is 79.9. The normalized spacial score (nSPS) is 9.69. The van der Waals surface area contributed by atoms with Gasteiger partial charge in [-0.25, -0.2) is 9.78 Å². The molecule has 70 valence electrons. The number of aromatic nitrogens is 1. The number of halogens is 1. The van der Waals surface area contributed by atoms with E-state index < -0.39 is 5.97 Å². The van der Waals surface area contributed by atoms with Crippen LogP contribution in [0.5, 0.6) is 0 Å². The Bertz CT molecular complexity index is 306. The van der Waals surface area contributed by atoms with E-state index in [1.165, 1.54) is 13.3 Å². The number of alkyl halides is 1. The van der Waals surface area contributed by atoms with E-state index >= 15 is 0 Å². The largest absolute Gasteiger partial charge is 0.464 e. The van der Waals surface area contributed by atoms with Gasteiger partial charge in [-0.15, -0.1) is 11.3 Å². The maximum Gasteiger partial charge on any atom is 0.367 e. The van der Waals surface area contributed by atoms with Crippen LogP contribution in [-0.2, 0) is 4.74 Å². The first-order valence-corrected chi connectivity index (χ1v) is 5.26. The Kier molecular flexibility index (Phi) is 3.56. The lowest BCUT2D eigenvalue weighted by Gasteiger charge is -1.90. The summed E-state index contributed by atoms with van der Waals surface area (Å²) < 4.78 is 4.45. The zero-order chi connectivity index (χ0) is 9.84. The van der Waals surface area contributed by atoms with E-state index in [4.69, 9.17) is 0 Å². The van der Waals surface area contributed by atoms with Crippen LogP contribution in [0.4, 0.5) is 0 Å². The molecule has 1 aromatic heterocycles. The van der Waals surface area contributed by atoms with Crippen molar-refractivity contribution in [3.63, 3.8) is 0 Å².